The van der Waals surface area contributed by atoms with Crippen LogP contribution in [0.25, 0.3) is 0 Å². The highest BCUT2D eigenvalue weighted by Gasteiger charge is 2.34. The minimum atomic E-state index is -0.682. The van der Waals surface area contributed by atoms with Crippen LogP contribution in [0.5, 0.6) is 5.75 Å². The van der Waals surface area contributed by atoms with Gasteiger partial charge in [-0.05, 0) is 44.2 Å². The molecule has 0 aliphatic heterocycles. The fraction of sp³-hybridized carbons (Fsp3) is 0.562. The van der Waals surface area contributed by atoms with Crippen molar-refractivity contribution < 1.29 is 14.6 Å². The topological polar surface area (TPSA) is 70.6 Å². The molecule has 5 heteroatoms. The Morgan fingerprint density at radius 3 is 2.76 bits per heavy atom. The van der Waals surface area contributed by atoms with Crippen molar-refractivity contribution in [3.63, 3.8) is 0 Å². The van der Waals surface area contributed by atoms with Crippen molar-refractivity contribution in [2.75, 3.05) is 19.7 Å². The van der Waals surface area contributed by atoms with Gasteiger partial charge in [0.15, 0.2) is 0 Å². The Morgan fingerprint density at radius 2 is 2.10 bits per heavy atom. The average Bonchev–Trinajstić information content (AvgIpc) is 2.45. The lowest BCUT2D eigenvalue weighted by molar-refractivity contribution is -0.0290. The van der Waals surface area contributed by atoms with E-state index in [2.05, 4.69) is 10.6 Å². The van der Waals surface area contributed by atoms with Gasteiger partial charge in [-0.15, -0.1) is 0 Å². The second kappa shape index (κ2) is 7.31. The molecule has 116 valence electrons. The largest absolute Gasteiger partial charge is 0.494 e. The van der Waals surface area contributed by atoms with Gasteiger partial charge in [-0.3, -0.25) is 0 Å². The van der Waals surface area contributed by atoms with Gasteiger partial charge in [-0.2, -0.15) is 0 Å². The average molecular weight is 292 g/mol. The van der Waals surface area contributed by atoms with Gasteiger partial charge in [0.2, 0.25) is 0 Å². The quantitative estimate of drug-likeness (QED) is 0.718. The SMILES string of the molecule is CCOc1ccccc1CCNC(=O)NCC1(O)CCC1. The molecule has 0 spiro atoms. The van der Waals surface area contributed by atoms with Crippen molar-refractivity contribution in [1.29, 1.82) is 0 Å². The minimum Gasteiger partial charge on any atom is -0.494 e. The van der Waals surface area contributed by atoms with Crippen LogP contribution in [0.2, 0.25) is 0 Å². The molecule has 0 bridgehead atoms. The van der Waals surface area contributed by atoms with E-state index in [9.17, 15) is 9.90 Å². The molecule has 0 aromatic heterocycles. The number of benzene rings is 1. The maximum Gasteiger partial charge on any atom is 0.314 e. The third-order valence-electron chi connectivity index (χ3n) is 3.81. The fourth-order valence-electron chi connectivity index (χ4n) is 2.39. The summed E-state index contributed by atoms with van der Waals surface area (Å²) in [7, 11) is 0. The highest BCUT2D eigenvalue weighted by atomic mass is 16.5. The molecule has 0 heterocycles. The van der Waals surface area contributed by atoms with Crippen molar-refractivity contribution in [2.24, 2.45) is 0 Å². The molecular weight excluding hydrogens is 268 g/mol. The van der Waals surface area contributed by atoms with E-state index in [0.29, 0.717) is 26.1 Å². The molecule has 21 heavy (non-hydrogen) atoms. The number of carbonyl (C=O) groups excluding carboxylic acids is 1. The monoisotopic (exact) mass is 292 g/mol. The van der Waals surface area contributed by atoms with Crippen molar-refractivity contribution in [2.45, 2.75) is 38.2 Å². The van der Waals surface area contributed by atoms with Crippen LogP contribution in [0.3, 0.4) is 0 Å². The number of hydrogen-bond donors (Lipinski definition) is 3. The summed E-state index contributed by atoms with van der Waals surface area (Å²) in [6.45, 7) is 3.44. The lowest BCUT2D eigenvalue weighted by Gasteiger charge is -2.36. The summed E-state index contributed by atoms with van der Waals surface area (Å²) in [6.07, 6.45) is 3.30. The number of rotatable bonds is 7. The van der Waals surface area contributed by atoms with E-state index in [4.69, 9.17) is 4.74 Å². The van der Waals surface area contributed by atoms with Crippen LogP contribution in [0.4, 0.5) is 4.79 Å². The van der Waals surface area contributed by atoms with E-state index in [-0.39, 0.29) is 6.03 Å². The van der Waals surface area contributed by atoms with Gasteiger partial charge < -0.3 is 20.5 Å². The van der Waals surface area contributed by atoms with E-state index in [1.807, 2.05) is 31.2 Å². The van der Waals surface area contributed by atoms with Gasteiger partial charge in [-0.1, -0.05) is 18.2 Å². The minimum absolute atomic E-state index is 0.232. The first-order valence-corrected chi connectivity index (χ1v) is 7.58. The Kier molecular flexibility index (Phi) is 5.44. The second-order valence-corrected chi connectivity index (χ2v) is 5.48. The van der Waals surface area contributed by atoms with Crippen LogP contribution >= 0.6 is 0 Å². The van der Waals surface area contributed by atoms with E-state index in [0.717, 1.165) is 30.6 Å². The molecule has 5 nitrogen and oxygen atoms in total. The van der Waals surface area contributed by atoms with E-state index < -0.39 is 5.60 Å². The molecule has 0 saturated heterocycles. The van der Waals surface area contributed by atoms with Crippen molar-refractivity contribution >= 4 is 6.03 Å². The molecular formula is C16H24N2O3. The predicted octanol–water partition coefficient (Wildman–Crippen LogP) is 1.84. The molecule has 0 radical (unpaired) electrons. The fourth-order valence-corrected chi connectivity index (χ4v) is 2.39. The number of carbonyl (C=O) groups is 1. The molecule has 0 atom stereocenters. The smallest absolute Gasteiger partial charge is 0.314 e. The normalized spacial score (nSPS) is 15.9. The third kappa shape index (κ3) is 4.63. The Bertz CT molecular complexity index is 472. The van der Waals surface area contributed by atoms with Crippen molar-refractivity contribution in [3.05, 3.63) is 29.8 Å². The number of hydrogen-bond acceptors (Lipinski definition) is 3. The molecule has 3 N–H and O–H groups in total. The summed E-state index contributed by atoms with van der Waals surface area (Å²) in [5.41, 5.74) is 0.399. The first-order chi connectivity index (χ1) is 10.1. The van der Waals surface area contributed by atoms with E-state index in [1.165, 1.54) is 0 Å². The Morgan fingerprint density at radius 1 is 1.33 bits per heavy atom. The van der Waals surface area contributed by atoms with Gasteiger partial charge in [0, 0.05) is 13.1 Å². The lowest BCUT2D eigenvalue weighted by Crippen LogP contribution is -2.50. The molecule has 1 fully saturated rings. The number of aliphatic hydroxyl groups is 1. The number of nitrogens with one attached hydrogen (secondary N) is 2. The summed E-state index contributed by atoms with van der Waals surface area (Å²) < 4.78 is 5.55. The molecule has 2 amide bonds. The van der Waals surface area contributed by atoms with Crippen LogP contribution in [-0.4, -0.2) is 36.4 Å². The first kappa shape index (κ1) is 15.6. The summed E-state index contributed by atoms with van der Waals surface area (Å²) in [6, 6.07) is 7.61. The van der Waals surface area contributed by atoms with Crippen molar-refractivity contribution in [1.82, 2.24) is 10.6 Å². The van der Waals surface area contributed by atoms with Gasteiger partial charge >= 0.3 is 6.03 Å². The number of ether oxygens (including phenoxy) is 1. The number of urea groups is 1. The van der Waals surface area contributed by atoms with Crippen LogP contribution in [0, 0.1) is 0 Å². The Labute approximate surface area is 125 Å². The molecule has 0 unspecified atom stereocenters. The third-order valence-corrected chi connectivity index (χ3v) is 3.81. The summed E-state index contributed by atoms with van der Waals surface area (Å²) in [4.78, 5) is 11.7. The van der Waals surface area contributed by atoms with Gasteiger partial charge in [0.1, 0.15) is 5.75 Å². The Balaban J connectivity index is 1.70. The van der Waals surface area contributed by atoms with Crippen LogP contribution in [0.15, 0.2) is 24.3 Å². The zero-order valence-corrected chi connectivity index (χ0v) is 12.5. The molecule has 1 aliphatic carbocycles. The lowest BCUT2D eigenvalue weighted by atomic mass is 9.80. The highest BCUT2D eigenvalue weighted by Crippen LogP contribution is 2.30. The maximum absolute atomic E-state index is 11.7. The maximum atomic E-state index is 11.7. The van der Waals surface area contributed by atoms with E-state index in [1.54, 1.807) is 0 Å². The van der Waals surface area contributed by atoms with E-state index >= 15 is 0 Å². The summed E-state index contributed by atoms with van der Waals surface area (Å²) in [5, 5.41) is 15.4. The van der Waals surface area contributed by atoms with Gasteiger partial charge in [-0.25, -0.2) is 4.79 Å². The van der Waals surface area contributed by atoms with Crippen LogP contribution in [-0.2, 0) is 6.42 Å². The number of para-hydroxylation sites is 1. The van der Waals surface area contributed by atoms with Crippen LogP contribution in [0.1, 0.15) is 31.7 Å². The van der Waals surface area contributed by atoms with Crippen molar-refractivity contribution in [3.8, 4) is 5.75 Å². The second-order valence-electron chi connectivity index (χ2n) is 5.48. The molecule has 1 saturated carbocycles. The predicted molar refractivity (Wildman–Crippen MR) is 81.5 cm³/mol. The highest BCUT2D eigenvalue weighted by molar-refractivity contribution is 5.73. The molecule has 2 rings (SSSR count). The Hall–Kier alpha value is -1.75. The summed E-state index contributed by atoms with van der Waals surface area (Å²) in [5.74, 6) is 0.867. The van der Waals surface area contributed by atoms with Crippen LogP contribution < -0.4 is 15.4 Å². The number of amides is 2. The summed E-state index contributed by atoms with van der Waals surface area (Å²) >= 11 is 0. The van der Waals surface area contributed by atoms with Gasteiger partial charge in [0.25, 0.3) is 0 Å². The van der Waals surface area contributed by atoms with Gasteiger partial charge in [0.05, 0.1) is 12.2 Å². The standard InChI is InChI=1S/C16H24N2O3/c1-2-21-14-7-4-3-6-13(14)8-11-17-15(19)18-12-16(20)9-5-10-16/h3-4,6-7,20H,2,5,8-12H2,1H3,(H2,17,18,19). The zero-order valence-electron chi connectivity index (χ0n) is 12.5. The zero-order chi connectivity index (χ0) is 15.1. The molecule has 1 aromatic carbocycles. The first-order valence-electron chi connectivity index (χ1n) is 7.58. The molecule has 1 aromatic rings. The molecule has 1 aliphatic rings.